The largest absolute Gasteiger partial charge is 0.354 e. The van der Waals surface area contributed by atoms with Crippen LogP contribution in [-0.4, -0.2) is 11.9 Å². The number of amides is 1. The van der Waals surface area contributed by atoms with E-state index in [-0.39, 0.29) is 5.91 Å². The molecule has 1 aromatic carbocycles. The van der Waals surface area contributed by atoms with Gasteiger partial charge in [0.2, 0.25) is 5.91 Å². The molecular formula is C16H25NO. The Morgan fingerprint density at radius 2 is 2.00 bits per heavy atom. The highest BCUT2D eigenvalue weighted by Crippen LogP contribution is 2.11. The fourth-order valence-electron chi connectivity index (χ4n) is 2.07. The Kier molecular flexibility index (Phi) is 5.90. The first-order valence-electron chi connectivity index (χ1n) is 6.88. The van der Waals surface area contributed by atoms with Crippen molar-refractivity contribution in [2.45, 2.75) is 59.4 Å². The molecule has 0 aliphatic heterocycles. The van der Waals surface area contributed by atoms with Crippen molar-refractivity contribution in [3.8, 4) is 0 Å². The molecule has 0 fully saturated rings. The van der Waals surface area contributed by atoms with Gasteiger partial charge in [0.25, 0.3) is 0 Å². The van der Waals surface area contributed by atoms with Gasteiger partial charge in [0.05, 0.1) is 0 Å². The Morgan fingerprint density at radius 1 is 1.28 bits per heavy atom. The second-order valence-electron chi connectivity index (χ2n) is 5.18. The van der Waals surface area contributed by atoms with Gasteiger partial charge in [-0.1, -0.05) is 31.5 Å². The maximum Gasteiger partial charge on any atom is 0.220 e. The molecule has 0 spiro atoms. The second kappa shape index (κ2) is 7.20. The van der Waals surface area contributed by atoms with E-state index in [9.17, 15) is 4.79 Å². The molecule has 1 aromatic rings. The Bertz CT molecular complexity index is 398. The van der Waals surface area contributed by atoms with E-state index in [2.05, 4.69) is 51.2 Å². The molecule has 18 heavy (non-hydrogen) atoms. The number of carbonyl (C=O) groups is 1. The minimum absolute atomic E-state index is 0.161. The number of hydrogen-bond donors (Lipinski definition) is 1. The van der Waals surface area contributed by atoms with E-state index in [0.29, 0.717) is 12.5 Å². The van der Waals surface area contributed by atoms with Crippen LogP contribution in [0.25, 0.3) is 0 Å². The molecule has 0 aliphatic rings. The highest BCUT2D eigenvalue weighted by Gasteiger charge is 2.06. The van der Waals surface area contributed by atoms with Crippen LogP contribution in [0.5, 0.6) is 0 Å². The second-order valence-corrected chi connectivity index (χ2v) is 5.18. The third kappa shape index (κ3) is 4.91. The molecule has 1 amide bonds. The van der Waals surface area contributed by atoms with Crippen molar-refractivity contribution >= 4 is 5.91 Å². The van der Waals surface area contributed by atoms with Crippen LogP contribution >= 0.6 is 0 Å². The average Bonchev–Trinajstić information content (AvgIpc) is 2.31. The van der Waals surface area contributed by atoms with E-state index in [4.69, 9.17) is 0 Å². The standard InChI is InChI=1S/C16H25NO/c1-5-6-14(4)17-16(18)10-9-15-8-7-12(2)13(3)11-15/h7-8,11,14H,5-6,9-10H2,1-4H3,(H,17,18)/t14-/m1/s1. The highest BCUT2D eigenvalue weighted by molar-refractivity contribution is 5.76. The predicted molar refractivity (Wildman–Crippen MR) is 76.7 cm³/mol. The fourth-order valence-corrected chi connectivity index (χ4v) is 2.07. The Labute approximate surface area is 111 Å². The third-order valence-electron chi connectivity index (χ3n) is 3.34. The van der Waals surface area contributed by atoms with Crippen LogP contribution in [0.1, 0.15) is 49.8 Å². The molecule has 0 saturated heterocycles. The Balaban J connectivity index is 2.40. The summed E-state index contributed by atoms with van der Waals surface area (Å²) in [5.41, 5.74) is 3.85. The van der Waals surface area contributed by atoms with E-state index in [1.165, 1.54) is 16.7 Å². The van der Waals surface area contributed by atoms with Crippen molar-refractivity contribution in [3.05, 3.63) is 34.9 Å². The number of nitrogens with one attached hydrogen (secondary N) is 1. The first kappa shape index (κ1) is 14.7. The summed E-state index contributed by atoms with van der Waals surface area (Å²) >= 11 is 0. The van der Waals surface area contributed by atoms with E-state index in [1.54, 1.807) is 0 Å². The molecule has 0 aliphatic carbocycles. The molecule has 100 valence electrons. The highest BCUT2D eigenvalue weighted by atomic mass is 16.1. The first-order chi connectivity index (χ1) is 8.52. The maximum absolute atomic E-state index is 11.7. The van der Waals surface area contributed by atoms with Gasteiger partial charge in [-0.3, -0.25) is 4.79 Å². The first-order valence-corrected chi connectivity index (χ1v) is 6.88. The zero-order chi connectivity index (χ0) is 13.5. The van der Waals surface area contributed by atoms with Gasteiger partial charge in [-0.25, -0.2) is 0 Å². The lowest BCUT2D eigenvalue weighted by Crippen LogP contribution is -2.32. The smallest absolute Gasteiger partial charge is 0.220 e. The zero-order valence-corrected chi connectivity index (χ0v) is 12.0. The van der Waals surface area contributed by atoms with Crippen LogP contribution in [0.4, 0.5) is 0 Å². The Morgan fingerprint density at radius 3 is 2.61 bits per heavy atom. The lowest BCUT2D eigenvalue weighted by molar-refractivity contribution is -0.121. The molecule has 1 atom stereocenters. The van der Waals surface area contributed by atoms with Gasteiger partial charge >= 0.3 is 0 Å². The summed E-state index contributed by atoms with van der Waals surface area (Å²) in [5.74, 6) is 0.161. The van der Waals surface area contributed by atoms with Crippen molar-refractivity contribution in [2.24, 2.45) is 0 Å². The molecule has 0 heterocycles. The van der Waals surface area contributed by atoms with Gasteiger partial charge in [-0.15, -0.1) is 0 Å². The number of benzene rings is 1. The van der Waals surface area contributed by atoms with E-state index in [0.717, 1.165) is 19.3 Å². The van der Waals surface area contributed by atoms with Crippen LogP contribution < -0.4 is 5.32 Å². The minimum atomic E-state index is 0.161. The topological polar surface area (TPSA) is 29.1 Å². The maximum atomic E-state index is 11.7. The molecule has 0 aromatic heterocycles. The predicted octanol–water partition coefficient (Wildman–Crippen LogP) is 3.54. The minimum Gasteiger partial charge on any atom is -0.354 e. The summed E-state index contributed by atoms with van der Waals surface area (Å²) < 4.78 is 0. The summed E-state index contributed by atoms with van der Waals surface area (Å²) in [6.07, 6.45) is 3.57. The summed E-state index contributed by atoms with van der Waals surface area (Å²) in [5, 5.41) is 3.04. The van der Waals surface area contributed by atoms with Crippen molar-refractivity contribution in [3.63, 3.8) is 0 Å². The molecule has 1 rings (SSSR count). The van der Waals surface area contributed by atoms with Gasteiger partial charge in [-0.05, 0) is 50.3 Å². The molecule has 0 radical (unpaired) electrons. The number of hydrogen-bond acceptors (Lipinski definition) is 1. The van der Waals surface area contributed by atoms with Gasteiger partial charge < -0.3 is 5.32 Å². The van der Waals surface area contributed by atoms with Crippen molar-refractivity contribution < 1.29 is 4.79 Å². The molecule has 1 N–H and O–H groups in total. The third-order valence-corrected chi connectivity index (χ3v) is 3.34. The lowest BCUT2D eigenvalue weighted by Gasteiger charge is -2.12. The summed E-state index contributed by atoms with van der Waals surface area (Å²) in [7, 11) is 0. The van der Waals surface area contributed by atoms with Crippen LogP contribution in [-0.2, 0) is 11.2 Å². The lowest BCUT2D eigenvalue weighted by atomic mass is 10.0. The van der Waals surface area contributed by atoms with E-state index in [1.807, 2.05) is 0 Å². The van der Waals surface area contributed by atoms with Gasteiger partial charge in [0, 0.05) is 12.5 Å². The summed E-state index contributed by atoms with van der Waals surface area (Å²) in [4.78, 5) is 11.7. The Hall–Kier alpha value is -1.31. The molecule has 2 heteroatoms. The van der Waals surface area contributed by atoms with Crippen LogP contribution in [0.15, 0.2) is 18.2 Å². The van der Waals surface area contributed by atoms with Gasteiger partial charge in [0.1, 0.15) is 0 Å². The SMILES string of the molecule is CCC[C@@H](C)NC(=O)CCc1ccc(C)c(C)c1. The molecule has 0 bridgehead atoms. The number of carbonyl (C=O) groups excluding carboxylic acids is 1. The van der Waals surface area contributed by atoms with E-state index < -0.39 is 0 Å². The molecular weight excluding hydrogens is 222 g/mol. The molecule has 2 nitrogen and oxygen atoms in total. The van der Waals surface area contributed by atoms with Crippen LogP contribution in [0.3, 0.4) is 0 Å². The van der Waals surface area contributed by atoms with Crippen molar-refractivity contribution in [2.75, 3.05) is 0 Å². The zero-order valence-electron chi connectivity index (χ0n) is 12.0. The normalized spacial score (nSPS) is 12.2. The van der Waals surface area contributed by atoms with Crippen molar-refractivity contribution in [1.29, 1.82) is 0 Å². The quantitative estimate of drug-likeness (QED) is 0.818. The summed E-state index contributed by atoms with van der Waals surface area (Å²) in [6.45, 7) is 8.43. The van der Waals surface area contributed by atoms with Crippen LogP contribution in [0, 0.1) is 13.8 Å². The van der Waals surface area contributed by atoms with Gasteiger partial charge in [0.15, 0.2) is 0 Å². The van der Waals surface area contributed by atoms with Crippen molar-refractivity contribution in [1.82, 2.24) is 5.32 Å². The molecule has 0 unspecified atom stereocenters. The number of rotatable bonds is 6. The summed E-state index contributed by atoms with van der Waals surface area (Å²) in [6, 6.07) is 6.72. The fraction of sp³-hybridized carbons (Fsp3) is 0.562. The van der Waals surface area contributed by atoms with E-state index >= 15 is 0 Å². The van der Waals surface area contributed by atoms with Gasteiger partial charge in [-0.2, -0.15) is 0 Å². The molecule has 0 saturated carbocycles. The monoisotopic (exact) mass is 247 g/mol. The number of aryl methyl sites for hydroxylation is 3. The average molecular weight is 247 g/mol. The van der Waals surface area contributed by atoms with Crippen LogP contribution in [0.2, 0.25) is 0 Å².